The number of anilines is 2. The van der Waals surface area contributed by atoms with Crippen LogP contribution in [0.4, 0.5) is 11.4 Å². The van der Waals surface area contributed by atoms with E-state index in [2.05, 4.69) is 10.6 Å². The Morgan fingerprint density at radius 1 is 1.12 bits per heavy atom. The SMILES string of the molecule is COc1ccccc1NC=C1C(=O)Nc2cc(-c3ccco3)ccc21. The van der Waals surface area contributed by atoms with Gasteiger partial charge < -0.3 is 19.8 Å². The Morgan fingerprint density at radius 2 is 2.00 bits per heavy atom. The summed E-state index contributed by atoms with van der Waals surface area (Å²) in [5, 5.41) is 6.05. The predicted molar refractivity (Wildman–Crippen MR) is 97.4 cm³/mol. The number of nitrogens with one attached hydrogen (secondary N) is 2. The molecule has 0 atom stereocenters. The molecule has 5 nitrogen and oxygen atoms in total. The van der Waals surface area contributed by atoms with Gasteiger partial charge in [-0.1, -0.05) is 24.3 Å². The molecule has 0 saturated heterocycles. The highest BCUT2D eigenvalue weighted by molar-refractivity contribution is 6.31. The number of hydrogen-bond donors (Lipinski definition) is 2. The molecule has 0 saturated carbocycles. The van der Waals surface area contributed by atoms with Crippen LogP contribution in [-0.2, 0) is 4.79 Å². The van der Waals surface area contributed by atoms with Crippen molar-refractivity contribution in [3.8, 4) is 17.1 Å². The van der Waals surface area contributed by atoms with Crippen molar-refractivity contribution >= 4 is 22.9 Å². The van der Waals surface area contributed by atoms with Gasteiger partial charge in [-0.2, -0.15) is 0 Å². The molecular formula is C20H16N2O3. The smallest absolute Gasteiger partial charge is 0.257 e. The number of carbonyl (C=O) groups is 1. The first-order valence-electron chi connectivity index (χ1n) is 7.85. The van der Waals surface area contributed by atoms with Gasteiger partial charge in [-0.25, -0.2) is 0 Å². The lowest BCUT2D eigenvalue weighted by Gasteiger charge is -2.08. The second kappa shape index (κ2) is 6.20. The fraction of sp³-hybridized carbons (Fsp3) is 0.0500. The summed E-state index contributed by atoms with van der Waals surface area (Å²) in [7, 11) is 1.61. The summed E-state index contributed by atoms with van der Waals surface area (Å²) in [6, 6.07) is 17.0. The number of para-hydroxylation sites is 2. The van der Waals surface area contributed by atoms with E-state index in [-0.39, 0.29) is 5.91 Å². The van der Waals surface area contributed by atoms with Gasteiger partial charge in [0, 0.05) is 23.0 Å². The largest absolute Gasteiger partial charge is 0.495 e. The van der Waals surface area contributed by atoms with Gasteiger partial charge in [0.05, 0.1) is 24.6 Å². The van der Waals surface area contributed by atoms with E-state index < -0.39 is 0 Å². The number of rotatable bonds is 4. The predicted octanol–water partition coefficient (Wildman–Crippen LogP) is 4.36. The van der Waals surface area contributed by atoms with Crippen LogP contribution in [-0.4, -0.2) is 13.0 Å². The lowest BCUT2D eigenvalue weighted by atomic mass is 10.0. The van der Waals surface area contributed by atoms with Crippen molar-refractivity contribution in [2.75, 3.05) is 17.7 Å². The van der Waals surface area contributed by atoms with Crippen LogP contribution in [0.2, 0.25) is 0 Å². The summed E-state index contributed by atoms with van der Waals surface area (Å²) in [4.78, 5) is 12.3. The number of benzene rings is 2. The number of methoxy groups -OCH3 is 1. The molecule has 0 unspecified atom stereocenters. The van der Waals surface area contributed by atoms with Crippen LogP contribution in [0.1, 0.15) is 5.56 Å². The maximum absolute atomic E-state index is 12.3. The van der Waals surface area contributed by atoms with Crippen LogP contribution < -0.4 is 15.4 Å². The zero-order valence-electron chi connectivity index (χ0n) is 13.6. The van der Waals surface area contributed by atoms with Crippen molar-refractivity contribution < 1.29 is 13.9 Å². The average molecular weight is 332 g/mol. The number of hydrogen-bond acceptors (Lipinski definition) is 4. The fourth-order valence-corrected chi connectivity index (χ4v) is 2.85. The molecule has 3 aromatic rings. The standard InChI is InChI=1S/C20H16N2O3/c1-24-19-6-3-2-5-16(19)21-12-15-14-9-8-13(18-7-4-10-25-18)11-17(14)22-20(15)23/h2-12,21H,1H3,(H,22,23). The topological polar surface area (TPSA) is 63.5 Å². The minimum absolute atomic E-state index is 0.144. The first-order chi connectivity index (χ1) is 12.3. The molecule has 0 radical (unpaired) electrons. The second-order valence-corrected chi connectivity index (χ2v) is 5.59. The van der Waals surface area contributed by atoms with Crippen LogP contribution in [0.15, 0.2) is 71.5 Å². The van der Waals surface area contributed by atoms with Gasteiger partial charge >= 0.3 is 0 Å². The molecule has 2 N–H and O–H groups in total. The number of amides is 1. The second-order valence-electron chi connectivity index (χ2n) is 5.59. The third kappa shape index (κ3) is 2.76. The van der Waals surface area contributed by atoms with E-state index in [1.165, 1.54) is 0 Å². The fourth-order valence-electron chi connectivity index (χ4n) is 2.85. The maximum Gasteiger partial charge on any atom is 0.257 e. The highest BCUT2D eigenvalue weighted by Crippen LogP contribution is 2.35. The van der Waals surface area contributed by atoms with E-state index in [9.17, 15) is 4.79 Å². The van der Waals surface area contributed by atoms with Crippen molar-refractivity contribution in [1.82, 2.24) is 0 Å². The van der Waals surface area contributed by atoms with Crippen molar-refractivity contribution in [1.29, 1.82) is 0 Å². The van der Waals surface area contributed by atoms with Gasteiger partial charge in [0.2, 0.25) is 0 Å². The van der Waals surface area contributed by atoms with Crippen molar-refractivity contribution in [3.63, 3.8) is 0 Å². The highest BCUT2D eigenvalue weighted by atomic mass is 16.5. The van der Waals surface area contributed by atoms with E-state index in [1.54, 1.807) is 19.6 Å². The molecular weight excluding hydrogens is 316 g/mol. The summed E-state index contributed by atoms with van der Waals surface area (Å²) in [5.41, 5.74) is 3.91. The number of ether oxygens (including phenoxy) is 1. The van der Waals surface area contributed by atoms with Crippen molar-refractivity contribution in [2.45, 2.75) is 0 Å². The van der Waals surface area contributed by atoms with E-state index in [4.69, 9.17) is 9.15 Å². The Labute approximate surface area is 144 Å². The molecule has 25 heavy (non-hydrogen) atoms. The molecule has 0 aliphatic carbocycles. The van der Waals surface area contributed by atoms with Crippen LogP contribution in [0.5, 0.6) is 5.75 Å². The first kappa shape index (κ1) is 15.1. The third-order valence-electron chi connectivity index (χ3n) is 4.09. The molecule has 0 fully saturated rings. The van der Waals surface area contributed by atoms with Crippen molar-refractivity contribution in [3.05, 3.63) is 72.6 Å². The molecule has 0 spiro atoms. The number of carbonyl (C=O) groups excluding carboxylic acids is 1. The normalized spacial score (nSPS) is 14.3. The van der Waals surface area contributed by atoms with Crippen LogP contribution in [0, 0.1) is 0 Å². The summed E-state index contributed by atoms with van der Waals surface area (Å²) in [5.74, 6) is 1.33. The molecule has 5 heteroatoms. The number of fused-ring (bicyclic) bond motifs is 1. The van der Waals surface area contributed by atoms with Crippen LogP contribution in [0.3, 0.4) is 0 Å². The Hall–Kier alpha value is -3.47. The summed E-state index contributed by atoms with van der Waals surface area (Å²) in [6.07, 6.45) is 3.33. The lowest BCUT2D eigenvalue weighted by molar-refractivity contribution is -0.110. The van der Waals surface area contributed by atoms with Gasteiger partial charge in [-0.05, 0) is 30.3 Å². The Kier molecular flexibility index (Phi) is 3.74. The molecule has 0 bridgehead atoms. The van der Waals surface area contributed by atoms with Gasteiger partial charge in [0.15, 0.2) is 0 Å². The minimum Gasteiger partial charge on any atom is -0.495 e. The first-order valence-corrected chi connectivity index (χ1v) is 7.85. The van der Waals surface area contributed by atoms with E-state index in [0.29, 0.717) is 11.3 Å². The molecule has 124 valence electrons. The number of furan rings is 1. The van der Waals surface area contributed by atoms with Crippen molar-refractivity contribution in [2.24, 2.45) is 0 Å². The Morgan fingerprint density at radius 3 is 2.80 bits per heavy atom. The molecule has 1 aliphatic heterocycles. The quantitative estimate of drug-likeness (QED) is 0.697. The molecule has 4 rings (SSSR count). The molecule has 2 heterocycles. The highest BCUT2D eigenvalue weighted by Gasteiger charge is 2.24. The van der Waals surface area contributed by atoms with E-state index in [0.717, 1.165) is 28.3 Å². The monoisotopic (exact) mass is 332 g/mol. The molecule has 1 aromatic heterocycles. The van der Waals surface area contributed by atoms with Gasteiger partial charge in [0.1, 0.15) is 11.5 Å². The minimum atomic E-state index is -0.144. The molecule has 1 amide bonds. The third-order valence-corrected chi connectivity index (χ3v) is 4.09. The van der Waals surface area contributed by atoms with Gasteiger partial charge in [0.25, 0.3) is 5.91 Å². The Balaban J connectivity index is 1.65. The van der Waals surface area contributed by atoms with Gasteiger partial charge in [-0.15, -0.1) is 0 Å². The maximum atomic E-state index is 12.3. The van der Waals surface area contributed by atoms with E-state index in [1.807, 2.05) is 54.6 Å². The van der Waals surface area contributed by atoms with Gasteiger partial charge in [-0.3, -0.25) is 4.79 Å². The summed E-state index contributed by atoms with van der Waals surface area (Å²) >= 11 is 0. The average Bonchev–Trinajstić information content (AvgIpc) is 3.27. The Bertz CT molecular complexity index is 959. The van der Waals surface area contributed by atoms with Crippen LogP contribution >= 0.6 is 0 Å². The summed E-state index contributed by atoms with van der Waals surface area (Å²) < 4.78 is 10.7. The molecule has 2 aromatic carbocycles. The summed E-state index contributed by atoms with van der Waals surface area (Å²) in [6.45, 7) is 0. The lowest BCUT2D eigenvalue weighted by Crippen LogP contribution is -2.05. The van der Waals surface area contributed by atoms with E-state index >= 15 is 0 Å². The van der Waals surface area contributed by atoms with Crippen LogP contribution in [0.25, 0.3) is 16.9 Å². The zero-order chi connectivity index (χ0) is 17.2. The molecule has 1 aliphatic rings. The zero-order valence-corrected chi connectivity index (χ0v) is 13.6.